The van der Waals surface area contributed by atoms with Crippen molar-refractivity contribution in [2.45, 2.75) is 64.7 Å². The van der Waals surface area contributed by atoms with E-state index in [9.17, 15) is 0 Å². The highest BCUT2D eigenvalue weighted by Gasteiger charge is 2.38. The van der Waals surface area contributed by atoms with E-state index < -0.39 is 8.80 Å². The van der Waals surface area contributed by atoms with E-state index in [1.165, 1.54) is 51.4 Å². The van der Waals surface area contributed by atoms with Crippen LogP contribution in [0.3, 0.4) is 0 Å². The Morgan fingerprint density at radius 3 is 1.55 bits per heavy atom. The minimum Gasteiger partial charge on any atom is -0.377 e. The third kappa shape index (κ3) is 9.88. The van der Waals surface area contributed by atoms with Crippen molar-refractivity contribution in [1.29, 1.82) is 0 Å². The van der Waals surface area contributed by atoms with E-state index in [1.54, 1.807) is 21.3 Å². The van der Waals surface area contributed by atoms with Crippen molar-refractivity contribution in [2.75, 3.05) is 34.2 Å². The van der Waals surface area contributed by atoms with Crippen molar-refractivity contribution < 1.29 is 18.0 Å². The molecule has 0 heterocycles. The second-order valence-electron chi connectivity index (χ2n) is 5.18. The summed E-state index contributed by atoms with van der Waals surface area (Å²) in [6.07, 6.45) is 12.4. The van der Waals surface area contributed by atoms with Gasteiger partial charge in [-0.15, -0.1) is 0 Å². The molecule has 5 heteroatoms. The molecule has 0 radical (unpaired) electrons. The van der Waals surface area contributed by atoms with Gasteiger partial charge in [-0.3, -0.25) is 0 Å². The molecule has 122 valence electrons. The standard InChI is InChI=1S/C15H34O4Si/c1-5-6-7-8-9-10-11-12-13-14-19-15-20(16-2,17-3)18-4/h5-15H2,1-4H3. The highest BCUT2D eigenvalue weighted by molar-refractivity contribution is 6.60. The summed E-state index contributed by atoms with van der Waals surface area (Å²) in [6, 6.07) is 0. The van der Waals surface area contributed by atoms with Crippen LogP contribution in [0.5, 0.6) is 0 Å². The van der Waals surface area contributed by atoms with Crippen LogP contribution >= 0.6 is 0 Å². The van der Waals surface area contributed by atoms with Crippen molar-refractivity contribution in [2.24, 2.45) is 0 Å². The van der Waals surface area contributed by atoms with Crippen LogP contribution in [0.1, 0.15) is 64.7 Å². The van der Waals surface area contributed by atoms with E-state index in [2.05, 4.69) is 6.92 Å². The molecular weight excluding hydrogens is 272 g/mol. The van der Waals surface area contributed by atoms with Gasteiger partial charge in [0.05, 0.1) is 0 Å². The molecule has 0 aliphatic heterocycles. The zero-order valence-corrected chi connectivity index (χ0v) is 14.9. The molecular formula is C15H34O4Si. The molecule has 0 unspecified atom stereocenters. The molecule has 0 spiro atoms. The second kappa shape index (κ2) is 14.0. The van der Waals surface area contributed by atoms with Gasteiger partial charge in [-0.25, -0.2) is 0 Å². The molecule has 0 bridgehead atoms. The Bertz CT molecular complexity index is 190. The maximum Gasteiger partial charge on any atom is 0.527 e. The molecule has 0 atom stereocenters. The summed E-state index contributed by atoms with van der Waals surface area (Å²) in [5.74, 6) is 0. The van der Waals surface area contributed by atoms with Gasteiger partial charge < -0.3 is 18.0 Å². The summed E-state index contributed by atoms with van der Waals surface area (Å²) in [5, 5.41) is 0. The van der Waals surface area contributed by atoms with Crippen molar-refractivity contribution >= 4 is 8.80 Å². The van der Waals surface area contributed by atoms with Crippen molar-refractivity contribution in [1.82, 2.24) is 0 Å². The van der Waals surface area contributed by atoms with Crippen LogP contribution in [-0.4, -0.2) is 43.0 Å². The van der Waals surface area contributed by atoms with Crippen LogP contribution < -0.4 is 0 Å². The average molecular weight is 307 g/mol. The van der Waals surface area contributed by atoms with Gasteiger partial charge in [0, 0.05) is 27.9 Å². The number of ether oxygens (including phenoxy) is 1. The Hall–Kier alpha value is 0.0569. The molecule has 0 saturated heterocycles. The molecule has 0 aromatic rings. The summed E-state index contributed by atoms with van der Waals surface area (Å²) in [6.45, 7) is 3.02. The Morgan fingerprint density at radius 2 is 1.10 bits per heavy atom. The highest BCUT2D eigenvalue weighted by Crippen LogP contribution is 2.10. The number of unbranched alkanes of at least 4 members (excludes halogenated alkanes) is 8. The van der Waals surface area contributed by atoms with E-state index in [-0.39, 0.29) is 0 Å². The summed E-state index contributed by atoms with van der Waals surface area (Å²) in [7, 11) is 2.30. The molecule has 0 N–H and O–H groups in total. The van der Waals surface area contributed by atoms with Crippen LogP contribution in [0.4, 0.5) is 0 Å². The highest BCUT2D eigenvalue weighted by atomic mass is 28.4. The van der Waals surface area contributed by atoms with Crippen molar-refractivity contribution in [3.63, 3.8) is 0 Å². The maximum absolute atomic E-state index is 5.62. The van der Waals surface area contributed by atoms with Crippen molar-refractivity contribution in [3.05, 3.63) is 0 Å². The van der Waals surface area contributed by atoms with Gasteiger partial charge in [-0.1, -0.05) is 58.3 Å². The number of hydrogen-bond acceptors (Lipinski definition) is 4. The fourth-order valence-electron chi connectivity index (χ4n) is 2.14. The van der Waals surface area contributed by atoms with Crippen LogP contribution in [-0.2, 0) is 18.0 Å². The fraction of sp³-hybridized carbons (Fsp3) is 1.00. The predicted molar refractivity (Wildman–Crippen MR) is 84.8 cm³/mol. The smallest absolute Gasteiger partial charge is 0.377 e. The fourth-order valence-corrected chi connectivity index (χ4v) is 3.39. The Kier molecular flexibility index (Phi) is 14.1. The van der Waals surface area contributed by atoms with Crippen LogP contribution in [0.25, 0.3) is 0 Å². The van der Waals surface area contributed by atoms with E-state index in [0.29, 0.717) is 6.23 Å². The van der Waals surface area contributed by atoms with Gasteiger partial charge in [-0.05, 0) is 6.42 Å². The first kappa shape index (κ1) is 20.1. The van der Waals surface area contributed by atoms with Gasteiger partial charge in [0.15, 0.2) is 0 Å². The SMILES string of the molecule is CCCCCCCCCCCOC[Si](OC)(OC)OC. The van der Waals surface area contributed by atoms with Gasteiger partial charge in [0.1, 0.15) is 6.23 Å². The molecule has 0 aliphatic carbocycles. The summed E-state index contributed by atoms with van der Waals surface area (Å²) in [5.41, 5.74) is 0. The minimum atomic E-state index is -2.53. The lowest BCUT2D eigenvalue weighted by Gasteiger charge is -2.23. The van der Waals surface area contributed by atoms with E-state index in [1.807, 2.05) is 0 Å². The van der Waals surface area contributed by atoms with E-state index in [4.69, 9.17) is 18.0 Å². The summed E-state index contributed by atoms with van der Waals surface area (Å²) < 4.78 is 21.5. The lowest BCUT2D eigenvalue weighted by Crippen LogP contribution is -2.48. The molecule has 0 aromatic carbocycles. The molecule has 4 nitrogen and oxygen atoms in total. The van der Waals surface area contributed by atoms with Crippen LogP contribution in [0.15, 0.2) is 0 Å². The Labute approximate surface area is 126 Å². The zero-order chi connectivity index (χ0) is 15.1. The second-order valence-corrected chi connectivity index (χ2v) is 8.06. The summed E-state index contributed by atoms with van der Waals surface area (Å²) >= 11 is 0. The normalized spacial score (nSPS) is 12.0. The molecule has 0 aromatic heterocycles. The van der Waals surface area contributed by atoms with Crippen LogP contribution in [0, 0.1) is 0 Å². The van der Waals surface area contributed by atoms with Gasteiger partial charge >= 0.3 is 8.80 Å². The molecule has 0 rings (SSSR count). The molecule has 0 fully saturated rings. The first-order valence-electron chi connectivity index (χ1n) is 7.98. The van der Waals surface area contributed by atoms with Gasteiger partial charge in [0.25, 0.3) is 0 Å². The lowest BCUT2D eigenvalue weighted by molar-refractivity contribution is 0.0622. The average Bonchev–Trinajstić information content (AvgIpc) is 2.49. The van der Waals surface area contributed by atoms with Gasteiger partial charge in [-0.2, -0.15) is 0 Å². The van der Waals surface area contributed by atoms with Crippen molar-refractivity contribution in [3.8, 4) is 0 Å². The zero-order valence-electron chi connectivity index (χ0n) is 13.9. The molecule has 20 heavy (non-hydrogen) atoms. The first-order chi connectivity index (χ1) is 9.74. The predicted octanol–water partition coefficient (Wildman–Crippen LogP) is 3.95. The largest absolute Gasteiger partial charge is 0.527 e. The molecule has 0 amide bonds. The number of hydrogen-bond donors (Lipinski definition) is 0. The molecule has 0 saturated carbocycles. The Morgan fingerprint density at radius 1 is 0.650 bits per heavy atom. The third-order valence-corrected chi connectivity index (χ3v) is 6.03. The monoisotopic (exact) mass is 306 g/mol. The lowest BCUT2D eigenvalue weighted by atomic mass is 10.1. The maximum atomic E-state index is 5.62. The van der Waals surface area contributed by atoms with E-state index >= 15 is 0 Å². The van der Waals surface area contributed by atoms with Gasteiger partial charge in [0.2, 0.25) is 0 Å². The third-order valence-electron chi connectivity index (χ3n) is 3.60. The number of rotatable bonds is 15. The minimum absolute atomic E-state index is 0.438. The summed E-state index contributed by atoms with van der Waals surface area (Å²) in [4.78, 5) is 0. The first-order valence-corrected chi connectivity index (χ1v) is 9.91. The quantitative estimate of drug-likeness (QED) is 0.339. The van der Waals surface area contributed by atoms with E-state index in [0.717, 1.165) is 13.0 Å². The molecule has 0 aliphatic rings. The Balaban J connectivity index is 3.32. The van der Waals surface area contributed by atoms with Crippen LogP contribution in [0.2, 0.25) is 0 Å². The topological polar surface area (TPSA) is 36.9 Å².